The molecule has 0 spiro atoms. The molecule has 0 aromatic carbocycles. The third-order valence-electron chi connectivity index (χ3n) is 1.28. The maximum atomic E-state index is 8.60. The van der Waals surface area contributed by atoms with Crippen LogP contribution in [0.25, 0.3) is 0 Å². The van der Waals surface area contributed by atoms with Gasteiger partial charge >= 0.3 is 6.01 Å². The van der Waals surface area contributed by atoms with Crippen molar-refractivity contribution in [3.05, 3.63) is 30.1 Å². The van der Waals surface area contributed by atoms with E-state index in [-0.39, 0.29) is 6.01 Å². The molecule has 0 radical (unpaired) electrons. The van der Waals surface area contributed by atoms with Gasteiger partial charge in [-0.05, 0) is 13.0 Å². The topological polar surface area (TPSA) is 58.8 Å². The number of rotatable bonds is 3. The molecular weight excluding hydrogens is 166 g/mol. The second kappa shape index (κ2) is 4.21. The van der Waals surface area contributed by atoms with Gasteiger partial charge in [0.15, 0.2) is 0 Å². The zero-order valence-corrected chi connectivity index (χ0v) is 7.32. The first-order valence-corrected chi connectivity index (χ1v) is 3.75. The molecule has 0 saturated heterocycles. The first-order chi connectivity index (χ1) is 6.26. The smallest absolute Gasteiger partial charge is 0.318 e. The van der Waals surface area contributed by atoms with E-state index in [1.165, 1.54) is 0 Å². The van der Waals surface area contributed by atoms with Crippen LogP contribution in [0.3, 0.4) is 0 Å². The van der Waals surface area contributed by atoms with Gasteiger partial charge in [-0.1, -0.05) is 12.7 Å². The van der Waals surface area contributed by atoms with Crippen molar-refractivity contribution in [1.82, 2.24) is 9.97 Å². The molecule has 1 aromatic rings. The molecule has 0 bridgehead atoms. The van der Waals surface area contributed by atoms with Gasteiger partial charge in [0.2, 0.25) is 0 Å². The van der Waals surface area contributed by atoms with Gasteiger partial charge in [-0.3, -0.25) is 0 Å². The monoisotopic (exact) mass is 175 g/mol. The van der Waals surface area contributed by atoms with Gasteiger partial charge in [0.25, 0.3) is 0 Å². The van der Waals surface area contributed by atoms with Crippen molar-refractivity contribution in [2.45, 2.75) is 6.92 Å². The van der Waals surface area contributed by atoms with Gasteiger partial charge in [-0.25, -0.2) is 4.98 Å². The van der Waals surface area contributed by atoms with Crippen molar-refractivity contribution in [3.8, 4) is 12.1 Å². The highest BCUT2D eigenvalue weighted by atomic mass is 16.5. The number of aromatic nitrogens is 2. The lowest BCUT2D eigenvalue weighted by Gasteiger charge is -2.01. The van der Waals surface area contributed by atoms with Crippen molar-refractivity contribution in [3.63, 3.8) is 0 Å². The number of hydrogen-bond donors (Lipinski definition) is 0. The van der Waals surface area contributed by atoms with Crippen LogP contribution in [-0.4, -0.2) is 16.6 Å². The Morgan fingerprint density at radius 3 is 3.08 bits per heavy atom. The molecule has 0 saturated carbocycles. The van der Waals surface area contributed by atoms with E-state index >= 15 is 0 Å². The maximum Gasteiger partial charge on any atom is 0.318 e. The summed E-state index contributed by atoms with van der Waals surface area (Å²) >= 11 is 0. The van der Waals surface area contributed by atoms with E-state index in [0.717, 1.165) is 0 Å². The fourth-order valence-corrected chi connectivity index (χ4v) is 0.797. The quantitative estimate of drug-likeness (QED) is 0.648. The first kappa shape index (κ1) is 9.20. The summed E-state index contributed by atoms with van der Waals surface area (Å²) in [5, 5.41) is 8.60. The van der Waals surface area contributed by atoms with Gasteiger partial charge in [-0.15, -0.1) is 0 Å². The third-order valence-corrected chi connectivity index (χ3v) is 1.28. The number of nitriles is 1. The van der Waals surface area contributed by atoms with Gasteiger partial charge in [0, 0.05) is 5.69 Å². The molecule has 0 aliphatic rings. The Kier molecular flexibility index (Phi) is 2.98. The van der Waals surface area contributed by atoms with E-state index in [1.54, 1.807) is 19.1 Å². The third kappa shape index (κ3) is 2.56. The summed E-state index contributed by atoms with van der Waals surface area (Å²) in [4.78, 5) is 7.83. The number of ether oxygens (including phenoxy) is 1. The van der Waals surface area contributed by atoms with Gasteiger partial charge in [-0.2, -0.15) is 10.2 Å². The number of aryl methyl sites for hydroxylation is 1. The van der Waals surface area contributed by atoms with Crippen molar-refractivity contribution in [1.29, 1.82) is 5.26 Å². The number of hydrogen-bond acceptors (Lipinski definition) is 4. The zero-order chi connectivity index (χ0) is 9.68. The average molecular weight is 175 g/mol. The molecule has 13 heavy (non-hydrogen) atoms. The average Bonchev–Trinajstić information content (AvgIpc) is 2.14. The van der Waals surface area contributed by atoms with Crippen molar-refractivity contribution < 1.29 is 4.74 Å². The molecule has 0 unspecified atom stereocenters. The summed E-state index contributed by atoms with van der Waals surface area (Å²) in [5.74, 6) is 0. The second-order valence-corrected chi connectivity index (χ2v) is 2.39. The van der Waals surface area contributed by atoms with Crippen LogP contribution in [0.15, 0.2) is 18.7 Å². The van der Waals surface area contributed by atoms with Crippen molar-refractivity contribution in [2.24, 2.45) is 0 Å². The Morgan fingerprint density at radius 1 is 1.69 bits per heavy atom. The SMILES string of the molecule is C=CCOc1nc(C)cc(C#N)n1. The Bertz CT molecular complexity index is 354. The molecule has 4 nitrogen and oxygen atoms in total. The lowest BCUT2D eigenvalue weighted by atomic mass is 10.3. The van der Waals surface area contributed by atoms with Crippen LogP contribution < -0.4 is 4.74 Å². The largest absolute Gasteiger partial charge is 0.459 e. The van der Waals surface area contributed by atoms with Crippen LogP contribution in [0, 0.1) is 18.3 Å². The van der Waals surface area contributed by atoms with Crippen LogP contribution in [0.2, 0.25) is 0 Å². The highest BCUT2D eigenvalue weighted by Crippen LogP contribution is 2.05. The molecule has 0 atom stereocenters. The zero-order valence-electron chi connectivity index (χ0n) is 7.32. The van der Waals surface area contributed by atoms with Crippen molar-refractivity contribution in [2.75, 3.05) is 6.61 Å². The summed E-state index contributed by atoms with van der Waals surface area (Å²) in [6.07, 6.45) is 1.59. The summed E-state index contributed by atoms with van der Waals surface area (Å²) in [7, 11) is 0. The minimum Gasteiger partial charge on any atom is -0.459 e. The predicted molar refractivity (Wildman–Crippen MR) is 47.2 cm³/mol. The molecule has 0 amide bonds. The Hall–Kier alpha value is -1.89. The van der Waals surface area contributed by atoms with E-state index in [4.69, 9.17) is 10.00 Å². The number of nitrogens with zero attached hydrogens (tertiary/aromatic N) is 3. The van der Waals surface area contributed by atoms with Gasteiger partial charge in [0.05, 0.1) is 0 Å². The molecule has 0 aliphatic heterocycles. The van der Waals surface area contributed by atoms with Gasteiger partial charge in [0.1, 0.15) is 18.4 Å². The fourth-order valence-electron chi connectivity index (χ4n) is 0.797. The van der Waals surface area contributed by atoms with E-state index in [2.05, 4.69) is 16.5 Å². The predicted octanol–water partition coefficient (Wildman–Crippen LogP) is 1.22. The highest BCUT2D eigenvalue weighted by Gasteiger charge is 2.00. The lowest BCUT2D eigenvalue weighted by molar-refractivity contribution is 0.332. The summed E-state index contributed by atoms with van der Waals surface area (Å²) < 4.78 is 5.09. The van der Waals surface area contributed by atoms with Crippen LogP contribution in [0.1, 0.15) is 11.4 Å². The van der Waals surface area contributed by atoms with Crippen LogP contribution >= 0.6 is 0 Å². The summed E-state index contributed by atoms with van der Waals surface area (Å²) in [5.41, 5.74) is 1.03. The van der Waals surface area contributed by atoms with Crippen LogP contribution in [0.4, 0.5) is 0 Å². The Morgan fingerprint density at radius 2 is 2.46 bits per heavy atom. The molecular formula is C9H9N3O. The molecule has 66 valence electrons. The van der Waals surface area contributed by atoms with Gasteiger partial charge < -0.3 is 4.74 Å². The highest BCUT2D eigenvalue weighted by molar-refractivity contribution is 5.23. The normalized spacial score (nSPS) is 8.92. The molecule has 1 aromatic heterocycles. The molecule has 0 N–H and O–H groups in total. The molecule has 4 heteroatoms. The first-order valence-electron chi connectivity index (χ1n) is 3.75. The standard InChI is InChI=1S/C9H9N3O/c1-3-4-13-9-11-7(2)5-8(6-10)12-9/h3,5H,1,4H2,2H3. The summed E-state index contributed by atoms with van der Waals surface area (Å²) in [6.45, 7) is 5.62. The van der Waals surface area contributed by atoms with Crippen LogP contribution in [0.5, 0.6) is 6.01 Å². The maximum absolute atomic E-state index is 8.60. The minimum atomic E-state index is 0.219. The van der Waals surface area contributed by atoms with Crippen molar-refractivity contribution >= 4 is 0 Å². The summed E-state index contributed by atoms with van der Waals surface area (Å²) in [6, 6.07) is 3.74. The minimum absolute atomic E-state index is 0.219. The second-order valence-electron chi connectivity index (χ2n) is 2.39. The van der Waals surface area contributed by atoms with E-state index in [9.17, 15) is 0 Å². The molecule has 0 fully saturated rings. The fraction of sp³-hybridized carbons (Fsp3) is 0.222. The molecule has 1 rings (SSSR count). The molecule has 0 aliphatic carbocycles. The Balaban J connectivity index is 2.89. The molecule has 1 heterocycles. The van der Waals surface area contributed by atoms with E-state index in [0.29, 0.717) is 18.0 Å². The van der Waals surface area contributed by atoms with E-state index in [1.807, 2.05) is 6.07 Å². The Labute approximate surface area is 76.5 Å². The van der Waals surface area contributed by atoms with Crippen LogP contribution in [-0.2, 0) is 0 Å². The van der Waals surface area contributed by atoms with E-state index < -0.39 is 0 Å². The lowest BCUT2D eigenvalue weighted by Crippen LogP contribution is -2.00.